The summed E-state index contributed by atoms with van der Waals surface area (Å²) in [4.78, 5) is 23.6. The van der Waals surface area contributed by atoms with Crippen molar-refractivity contribution in [1.29, 1.82) is 0 Å². The molecule has 0 spiro atoms. The van der Waals surface area contributed by atoms with Crippen molar-refractivity contribution in [2.75, 3.05) is 19.8 Å². The molecule has 0 unspecified atom stereocenters. The lowest BCUT2D eigenvalue weighted by Crippen LogP contribution is -2.22. The number of nitrogens with zero attached hydrogens (tertiary/aromatic N) is 1. The number of benzene rings is 1. The quantitative estimate of drug-likeness (QED) is 0.847. The Morgan fingerprint density at radius 3 is 2.35 bits per heavy atom. The van der Waals surface area contributed by atoms with Crippen LogP contribution in [0.3, 0.4) is 0 Å². The molecule has 0 radical (unpaired) electrons. The first kappa shape index (κ1) is 16.2. The van der Waals surface area contributed by atoms with Crippen LogP contribution in [-0.4, -0.2) is 50.1 Å². The van der Waals surface area contributed by atoms with Crippen LogP contribution in [0.1, 0.15) is 23.2 Å². The maximum Gasteiger partial charge on any atom is 0.337 e. The highest BCUT2D eigenvalue weighted by molar-refractivity contribution is 7.91. The zero-order valence-corrected chi connectivity index (χ0v) is 12.2. The molecule has 0 atom stereocenters. The normalized spacial score (nSPS) is 11.1. The summed E-state index contributed by atoms with van der Waals surface area (Å²) >= 11 is 0. The molecule has 0 aliphatic heterocycles. The lowest BCUT2D eigenvalue weighted by Gasteiger charge is -2.10. The Bertz CT molecular complexity index is 607. The van der Waals surface area contributed by atoms with Crippen molar-refractivity contribution in [2.24, 2.45) is 0 Å². The third-order valence-corrected chi connectivity index (χ3v) is 4.61. The topological polar surface area (TPSA) is 91.8 Å². The van der Waals surface area contributed by atoms with Crippen LogP contribution >= 0.6 is 0 Å². The van der Waals surface area contributed by atoms with Crippen LogP contribution in [0.15, 0.2) is 29.2 Å². The van der Waals surface area contributed by atoms with E-state index in [0.717, 1.165) is 0 Å². The number of carbonyl (C=O) groups is 2. The molecule has 0 fully saturated rings. The number of sulfone groups is 1. The minimum atomic E-state index is -3.71. The summed E-state index contributed by atoms with van der Waals surface area (Å²) in [6.07, 6.45) is 0.273. The van der Waals surface area contributed by atoms with Crippen molar-refractivity contribution in [3.05, 3.63) is 29.8 Å². The summed E-state index contributed by atoms with van der Waals surface area (Å²) in [6.45, 7) is 0. The van der Waals surface area contributed by atoms with Crippen LogP contribution in [-0.2, 0) is 14.6 Å². The zero-order valence-electron chi connectivity index (χ0n) is 11.4. The smallest absolute Gasteiger partial charge is 0.337 e. The van der Waals surface area contributed by atoms with E-state index in [9.17, 15) is 18.0 Å². The number of rotatable bonds is 6. The Morgan fingerprint density at radius 1 is 1.20 bits per heavy atom. The summed E-state index contributed by atoms with van der Waals surface area (Å²) in [5, 5.41) is 8.99. The first-order valence-corrected chi connectivity index (χ1v) is 7.66. The maximum absolute atomic E-state index is 12.1. The zero-order chi connectivity index (χ0) is 15.3. The van der Waals surface area contributed by atoms with Crippen LogP contribution in [0.5, 0.6) is 0 Å². The second-order valence-corrected chi connectivity index (χ2v) is 6.59. The van der Waals surface area contributed by atoms with E-state index in [4.69, 9.17) is 5.11 Å². The Morgan fingerprint density at radius 2 is 1.80 bits per heavy atom. The maximum atomic E-state index is 12.1. The molecule has 1 rings (SSSR count). The lowest BCUT2D eigenvalue weighted by molar-refractivity contribution is -0.128. The molecule has 6 nitrogen and oxygen atoms in total. The summed E-state index contributed by atoms with van der Waals surface area (Å²) in [5.74, 6) is -1.70. The van der Waals surface area contributed by atoms with E-state index in [-0.39, 0.29) is 35.0 Å². The van der Waals surface area contributed by atoms with Gasteiger partial charge < -0.3 is 10.0 Å². The number of amides is 1. The molecule has 0 aromatic heterocycles. The highest BCUT2D eigenvalue weighted by Gasteiger charge is 2.21. The molecule has 0 aliphatic rings. The van der Waals surface area contributed by atoms with E-state index in [1.807, 2.05) is 0 Å². The van der Waals surface area contributed by atoms with E-state index < -0.39 is 15.8 Å². The summed E-state index contributed by atoms with van der Waals surface area (Å²) in [7, 11) is -0.521. The Balaban J connectivity index is 2.85. The van der Waals surface area contributed by atoms with Gasteiger partial charge in [0.05, 0.1) is 16.2 Å². The van der Waals surface area contributed by atoms with Gasteiger partial charge in [-0.25, -0.2) is 13.2 Å². The van der Waals surface area contributed by atoms with Crippen LogP contribution in [0, 0.1) is 0 Å². The van der Waals surface area contributed by atoms with E-state index in [2.05, 4.69) is 0 Å². The molecule has 0 saturated heterocycles. The molecule has 0 bridgehead atoms. The van der Waals surface area contributed by atoms with Crippen LogP contribution in [0.2, 0.25) is 0 Å². The van der Waals surface area contributed by atoms with Crippen LogP contribution in [0.25, 0.3) is 0 Å². The highest BCUT2D eigenvalue weighted by atomic mass is 32.2. The first-order valence-electron chi connectivity index (χ1n) is 6.01. The molecule has 0 aliphatic carbocycles. The minimum absolute atomic E-state index is 0.113. The van der Waals surface area contributed by atoms with Gasteiger partial charge in [-0.15, -0.1) is 0 Å². The number of carboxylic acid groups (broad SMARTS) is 1. The average Bonchev–Trinajstić information content (AvgIpc) is 2.38. The van der Waals surface area contributed by atoms with Gasteiger partial charge in [0.2, 0.25) is 5.91 Å². The van der Waals surface area contributed by atoms with Gasteiger partial charge >= 0.3 is 5.97 Å². The molecular weight excluding hydrogens is 282 g/mol. The van der Waals surface area contributed by atoms with E-state index in [0.29, 0.717) is 0 Å². The number of carbonyl (C=O) groups excluding carboxylic acids is 1. The summed E-state index contributed by atoms with van der Waals surface area (Å²) in [6, 6.07) is 5.47. The second-order valence-electron chi connectivity index (χ2n) is 4.51. The van der Waals surface area contributed by atoms with Crippen molar-refractivity contribution in [1.82, 2.24) is 4.90 Å². The number of carboxylic acids is 1. The second kappa shape index (κ2) is 6.51. The third kappa shape index (κ3) is 4.06. The van der Waals surface area contributed by atoms with Gasteiger partial charge in [-0.2, -0.15) is 0 Å². The van der Waals surface area contributed by atoms with E-state index in [1.54, 1.807) is 14.1 Å². The molecular formula is C13H17NO5S. The van der Waals surface area contributed by atoms with Crippen molar-refractivity contribution in [3.63, 3.8) is 0 Å². The van der Waals surface area contributed by atoms with Gasteiger partial charge in [0, 0.05) is 20.5 Å². The fraction of sp³-hybridized carbons (Fsp3) is 0.385. The van der Waals surface area contributed by atoms with E-state index >= 15 is 0 Å². The highest BCUT2D eigenvalue weighted by Crippen LogP contribution is 2.18. The van der Waals surface area contributed by atoms with Crippen molar-refractivity contribution < 1.29 is 23.1 Å². The number of hydrogen-bond acceptors (Lipinski definition) is 4. The molecule has 0 heterocycles. The summed E-state index contributed by atoms with van der Waals surface area (Å²) in [5.41, 5.74) is -0.244. The number of hydrogen-bond donors (Lipinski definition) is 1. The average molecular weight is 299 g/mol. The molecule has 1 aromatic carbocycles. The van der Waals surface area contributed by atoms with Gasteiger partial charge in [-0.3, -0.25) is 4.79 Å². The van der Waals surface area contributed by atoms with Crippen molar-refractivity contribution in [2.45, 2.75) is 17.7 Å². The van der Waals surface area contributed by atoms with E-state index in [1.165, 1.54) is 29.2 Å². The SMILES string of the molecule is CN(C)C(=O)CCCS(=O)(=O)c1ccccc1C(=O)O. The lowest BCUT2D eigenvalue weighted by atomic mass is 10.2. The molecule has 1 aromatic rings. The van der Waals surface area contributed by atoms with Gasteiger partial charge in [-0.05, 0) is 18.6 Å². The first-order chi connectivity index (χ1) is 9.25. The fourth-order valence-corrected chi connectivity index (χ4v) is 3.18. The Kier molecular flexibility index (Phi) is 5.26. The van der Waals surface area contributed by atoms with Gasteiger partial charge in [0.15, 0.2) is 9.84 Å². The Labute approximate surface area is 117 Å². The molecule has 1 N–H and O–H groups in total. The van der Waals surface area contributed by atoms with Gasteiger partial charge in [-0.1, -0.05) is 12.1 Å². The molecule has 20 heavy (non-hydrogen) atoms. The Hall–Kier alpha value is -1.89. The minimum Gasteiger partial charge on any atom is -0.478 e. The predicted molar refractivity (Wildman–Crippen MR) is 73.4 cm³/mol. The molecule has 0 saturated carbocycles. The predicted octanol–water partition coefficient (Wildman–Crippen LogP) is 1.03. The monoisotopic (exact) mass is 299 g/mol. The van der Waals surface area contributed by atoms with Crippen molar-refractivity contribution >= 4 is 21.7 Å². The van der Waals surface area contributed by atoms with Crippen molar-refractivity contribution in [3.8, 4) is 0 Å². The van der Waals surface area contributed by atoms with Gasteiger partial charge in [0.25, 0.3) is 0 Å². The summed E-state index contributed by atoms with van der Waals surface area (Å²) < 4.78 is 24.2. The van der Waals surface area contributed by atoms with Gasteiger partial charge in [0.1, 0.15) is 0 Å². The van der Waals surface area contributed by atoms with Crippen LogP contribution in [0.4, 0.5) is 0 Å². The number of aromatic carboxylic acids is 1. The molecule has 1 amide bonds. The standard InChI is InChI=1S/C13H17NO5S/c1-14(2)12(15)8-5-9-20(18,19)11-7-4-3-6-10(11)13(16)17/h3-4,6-7H,5,8-9H2,1-2H3,(H,16,17). The molecule has 110 valence electrons. The molecule has 7 heteroatoms. The van der Waals surface area contributed by atoms with Crippen LogP contribution < -0.4 is 0 Å². The largest absolute Gasteiger partial charge is 0.478 e. The third-order valence-electron chi connectivity index (χ3n) is 2.76. The fourth-order valence-electron chi connectivity index (χ4n) is 1.66.